The Kier molecular flexibility index (Phi) is 2.89. The Morgan fingerprint density at radius 3 is 2.05 bits per heavy atom. The maximum Gasteiger partial charge on any atom is 0.0546 e. The summed E-state index contributed by atoms with van der Waals surface area (Å²) >= 11 is 0. The van der Waals surface area contributed by atoms with Crippen molar-refractivity contribution in [1.82, 2.24) is 0 Å². The van der Waals surface area contributed by atoms with E-state index >= 15 is 0 Å². The zero-order valence-corrected chi connectivity index (χ0v) is 11.6. The van der Waals surface area contributed by atoms with E-state index in [2.05, 4.69) is 48.5 Å². The lowest BCUT2D eigenvalue weighted by atomic mass is 9.71. The maximum absolute atomic E-state index is 10.1. The third kappa shape index (κ3) is 1.89. The molecular weight excluding hydrogens is 244 g/mol. The summed E-state index contributed by atoms with van der Waals surface area (Å²) in [5.74, 6) is 1.07. The first-order valence-corrected chi connectivity index (χ1v) is 7.66. The number of rotatable bonds is 0. The summed E-state index contributed by atoms with van der Waals surface area (Å²) < 4.78 is 0. The van der Waals surface area contributed by atoms with Crippen LogP contribution in [0.4, 0.5) is 0 Å². The zero-order chi connectivity index (χ0) is 13.5. The molecule has 1 N–H and O–H groups in total. The Morgan fingerprint density at radius 2 is 1.35 bits per heavy atom. The molecule has 1 heteroatoms. The van der Waals surface area contributed by atoms with Crippen LogP contribution in [0.3, 0.4) is 0 Å². The summed E-state index contributed by atoms with van der Waals surface area (Å²) in [6.07, 6.45) is 3.87. The van der Waals surface area contributed by atoms with Crippen LogP contribution < -0.4 is 0 Å². The van der Waals surface area contributed by atoms with Crippen molar-refractivity contribution in [1.29, 1.82) is 0 Å². The second-order valence-electron chi connectivity index (χ2n) is 6.25. The average molecular weight is 264 g/mol. The highest BCUT2D eigenvalue weighted by molar-refractivity contribution is 5.45. The van der Waals surface area contributed by atoms with Crippen LogP contribution in [0.1, 0.15) is 53.4 Å². The van der Waals surface area contributed by atoms with Crippen molar-refractivity contribution in [2.75, 3.05) is 0 Å². The molecule has 3 unspecified atom stereocenters. The standard InChI is InChI=1S/C19H20O/c20-15-9-10-18-16-7-3-1-5-13(16)11-14-6-2-4-8-17(14)19(18)12-15/h1-8,15,18-20H,9-12H2. The van der Waals surface area contributed by atoms with Gasteiger partial charge in [0.2, 0.25) is 0 Å². The molecule has 1 nitrogen and oxygen atoms in total. The molecule has 0 spiro atoms. The van der Waals surface area contributed by atoms with Crippen molar-refractivity contribution in [3.05, 3.63) is 70.8 Å². The quantitative estimate of drug-likeness (QED) is 0.762. The number of aliphatic hydroxyl groups is 1. The van der Waals surface area contributed by atoms with Crippen LogP contribution in [0.2, 0.25) is 0 Å². The van der Waals surface area contributed by atoms with Crippen LogP contribution in [0.15, 0.2) is 48.5 Å². The van der Waals surface area contributed by atoms with Gasteiger partial charge in [-0.15, -0.1) is 0 Å². The highest BCUT2D eigenvalue weighted by Gasteiger charge is 2.35. The maximum atomic E-state index is 10.1. The average Bonchev–Trinajstić information content (AvgIpc) is 2.61. The van der Waals surface area contributed by atoms with E-state index < -0.39 is 0 Å². The first-order chi connectivity index (χ1) is 9.83. The van der Waals surface area contributed by atoms with Crippen molar-refractivity contribution >= 4 is 0 Å². The van der Waals surface area contributed by atoms with Gasteiger partial charge in [0.15, 0.2) is 0 Å². The first-order valence-electron chi connectivity index (χ1n) is 7.66. The van der Waals surface area contributed by atoms with E-state index in [4.69, 9.17) is 0 Å². The van der Waals surface area contributed by atoms with Crippen LogP contribution >= 0.6 is 0 Å². The van der Waals surface area contributed by atoms with E-state index in [1.165, 1.54) is 22.3 Å². The van der Waals surface area contributed by atoms with Gasteiger partial charge in [0, 0.05) is 0 Å². The SMILES string of the molecule is OC1CCC2c3ccccc3Cc3ccccc3C2C1. The third-order valence-electron chi connectivity index (χ3n) is 5.11. The predicted molar refractivity (Wildman–Crippen MR) is 81.0 cm³/mol. The molecule has 20 heavy (non-hydrogen) atoms. The fourth-order valence-corrected chi connectivity index (χ4v) is 4.18. The Hall–Kier alpha value is -1.60. The molecule has 2 aliphatic carbocycles. The monoisotopic (exact) mass is 264 g/mol. The van der Waals surface area contributed by atoms with E-state index in [9.17, 15) is 5.11 Å². The van der Waals surface area contributed by atoms with Crippen LogP contribution in [-0.2, 0) is 6.42 Å². The molecule has 0 radical (unpaired) electrons. The molecule has 1 saturated carbocycles. The third-order valence-corrected chi connectivity index (χ3v) is 5.11. The molecule has 0 heterocycles. The second kappa shape index (κ2) is 4.75. The molecule has 0 aromatic heterocycles. The number of hydrogen-bond acceptors (Lipinski definition) is 1. The van der Waals surface area contributed by atoms with Crippen LogP contribution in [0.25, 0.3) is 0 Å². The molecule has 0 aliphatic heterocycles. The fraction of sp³-hybridized carbons (Fsp3) is 0.368. The van der Waals surface area contributed by atoms with Gasteiger partial charge in [-0.05, 0) is 59.8 Å². The Balaban J connectivity index is 1.90. The Labute approximate surface area is 120 Å². The zero-order valence-electron chi connectivity index (χ0n) is 11.6. The van der Waals surface area contributed by atoms with Crippen molar-refractivity contribution in [2.24, 2.45) is 0 Å². The molecule has 0 saturated heterocycles. The number of fused-ring (bicyclic) bond motifs is 5. The van der Waals surface area contributed by atoms with Crippen molar-refractivity contribution in [2.45, 2.75) is 43.6 Å². The van der Waals surface area contributed by atoms with Gasteiger partial charge in [-0.1, -0.05) is 48.5 Å². The molecule has 2 aromatic rings. The Bertz CT molecular complexity index is 631. The summed E-state index contributed by atoms with van der Waals surface area (Å²) in [6, 6.07) is 17.7. The highest BCUT2D eigenvalue weighted by Crippen LogP contribution is 2.48. The second-order valence-corrected chi connectivity index (χ2v) is 6.25. The number of aliphatic hydroxyl groups excluding tert-OH is 1. The highest BCUT2D eigenvalue weighted by atomic mass is 16.3. The predicted octanol–water partition coefficient (Wildman–Crippen LogP) is 4.00. The topological polar surface area (TPSA) is 20.2 Å². The molecule has 102 valence electrons. The lowest BCUT2D eigenvalue weighted by Gasteiger charge is -2.35. The van der Waals surface area contributed by atoms with E-state index in [1.807, 2.05) is 0 Å². The summed E-state index contributed by atoms with van der Waals surface area (Å²) in [5.41, 5.74) is 5.90. The van der Waals surface area contributed by atoms with E-state index in [0.29, 0.717) is 11.8 Å². The number of hydrogen-bond donors (Lipinski definition) is 1. The van der Waals surface area contributed by atoms with Gasteiger partial charge in [-0.2, -0.15) is 0 Å². The minimum absolute atomic E-state index is 0.130. The molecule has 2 aromatic carbocycles. The van der Waals surface area contributed by atoms with Gasteiger partial charge in [0.25, 0.3) is 0 Å². The van der Waals surface area contributed by atoms with Crippen LogP contribution in [0, 0.1) is 0 Å². The van der Waals surface area contributed by atoms with Crippen molar-refractivity contribution in [3.8, 4) is 0 Å². The van der Waals surface area contributed by atoms with Crippen molar-refractivity contribution < 1.29 is 5.11 Å². The van der Waals surface area contributed by atoms with Gasteiger partial charge in [-0.25, -0.2) is 0 Å². The minimum atomic E-state index is -0.130. The largest absolute Gasteiger partial charge is 0.393 e. The van der Waals surface area contributed by atoms with Gasteiger partial charge >= 0.3 is 0 Å². The van der Waals surface area contributed by atoms with E-state index in [-0.39, 0.29) is 6.10 Å². The van der Waals surface area contributed by atoms with E-state index in [1.54, 1.807) is 0 Å². The first kappa shape index (κ1) is 12.2. The molecular formula is C19H20O. The minimum Gasteiger partial charge on any atom is -0.393 e. The van der Waals surface area contributed by atoms with Crippen LogP contribution in [-0.4, -0.2) is 11.2 Å². The lowest BCUT2D eigenvalue weighted by molar-refractivity contribution is 0.110. The smallest absolute Gasteiger partial charge is 0.0546 e. The molecule has 4 rings (SSSR count). The number of benzene rings is 2. The van der Waals surface area contributed by atoms with Gasteiger partial charge in [-0.3, -0.25) is 0 Å². The summed E-state index contributed by atoms with van der Waals surface area (Å²) in [4.78, 5) is 0. The van der Waals surface area contributed by atoms with Crippen molar-refractivity contribution in [3.63, 3.8) is 0 Å². The molecule has 1 fully saturated rings. The van der Waals surface area contributed by atoms with E-state index in [0.717, 1.165) is 25.7 Å². The van der Waals surface area contributed by atoms with Gasteiger partial charge in [0.1, 0.15) is 0 Å². The summed E-state index contributed by atoms with van der Waals surface area (Å²) in [7, 11) is 0. The molecule has 2 aliphatic rings. The lowest BCUT2D eigenvalue weighted by Crippen LogP contribution is -2.25. The fourth-order valence-electron chi connectivity index (χ4n) is 4.18. The van der Waals surface area contributed by atoms with Gasteiger partial charge in [0.05, 0.1) is 6.10 Å². The molecule has 0 bridgehead atoms. The normalized spacial score (nSPS) is 27.9. The molecule has 3 atom stereocenters. The summed E-state index contributed by atoms with van der Waals surface area (Å²) in [6.45, 7) is 0. The van der Waals surface area contributed by atoms with Crippen LogP contribution in [0.5, 0.6) is 0 Å². The molecule has 0 amide bonds. The van der Waals surface area contributed by atoms with Gasteiger partial charge < -0.3 is 5.11 Å². The Morgan fingerprint density at radius 1 is 0.750 bits per heavy atom. The summed E-state index contributed by atoms with van der Waals surface area (Å²) in [5, 5.41) is 10.1.